The number of hydrogen-bond donors (Lipinski definition) is 1. The number of anilines is 1. The average Bonchev–Trinajstić information content (AvgIpc) is 3.16. The second kappa shape index (κ2) is 7.06. The fourth-order valence-corrected chi connectivity index (χ4v) is 3.79. The molecule has 25 heavy (non-hydrogen) atoms. The van der Waals surface area contributed by atoms with Crippen LogP contribution in [0.15, 0.2) is 24.3 Å². The van der Waals surface area contributed by atoms with Gasteiger partial charge in [-0.1, -0.05) is 18.2 Å². The summed E-state index contributed by atoms with van der Waals surface area (Å²) >= 11 is 0. The van der Waals surface area contributed by atoms with Gasteiger partial charge in [0.05, 0.1) is 18.9 Å². The van der Waals surface area contributed by atoms with Gasteiger partial charge in [-0.2, -0.15) is 5.10 Å². The molecule has 2 aliphatic rings. The minimum absolute atomic E-state index is 0.209. The molecule has 0 aliphatic carbocycles. The Kier molecular flexibility index (Phi) is 4.63. The Bertz CT molecular complexity index is 712. The van der Waals surface area contributed by atoms with E-state index in [4.69, 9.17) is 9.47 Å². The third kappa shape index (κ3) is 3.37. The monoisotopic (exact) mass is 342 g/mol. The molecule has 0 radical (unpaired) electrons. The number of morpholine rings is 1. The summed E-state index contributed by atoms with van der Waals surface area (Å²) in [5.74, 6) is 2.24. The summed E-state index contributed by atoms with van der Waals surface area (Å²) in [6, 6.07) is 8.31. The van der Waals surface area contributed by atoms with E-state index < -0.39 is 0 Å². The third-order valence-corrected chi connectivity index (χ3v) is 5.01. The molecule has 2 aliphatic heterocycles. The molecule has 4 rings (SSSR count). The van der Waals surface area contributed by atoms with Crippen molar-refractivity contribution in [2.45, 2.75) is 26.0 Å². The zero-order chi connectivity index (χ0) is 17.2. The quantitative estimate of drug-likeness (QED) is 0.896. The summed E-state index contributed by atoms with van der Waals surface area (Å²) in [5, 5.41) is 8.21. The van der Waals surface area contributed by atoms with E-state index in [0.29, 0.717) is 0 Å². The Morgan fingerprint density at radius 1 is 1.24 bits per heavy atom. The number of aryl methyl sites for hydroxylation is 2. The van der Waals surface area contributed by atoms with Crippen LogP contribution in [0.2, 0.25) is 0 Å². The van der Waals surface area contributed by atoms with Crippen molar-refractivity contribution in [1.82, 2.24) is 15.1 Å². The number of nitrogens with one attached hydrogen (secondary N) is 1. The summed E-state index contributed by atoms with van der Waals surface area (Å²) in [6.45, 7) is 7.15. The molecule has 3 heterocycles. The normalized spacial score (nSPS) is 19.8. The van der Waals surface area contributed by atoms with Crippen LogP contribution in [0.5, 0.6) is 5.75 Å². The Hall–Kier alpha value is -2.05. The van der Waals surface area contributed by atoms with Crippen molar-refractivity contribution in [3.05, 3.63) is 41.1 Å². The number of benzene rings is 1. The first kappa shape index (κ1) is 16.4. The first-order valence-electron chi connectivity index (χ1n) is 9.03. The Morgan fingerprint density at radius 2 is 2.04 bits per heavy atom. The molecular weight excluding hydrogens is 316 g/mol. The molecule has 0 bridgehead atoms. The summed E-state index contributed by atoms with van der Waals surface area (Å²) in [5.41, 5.74) is 3.67. The summed E-state index contributed by atoms with van der Waals surface area (Å²) < 4.78 is 13.5. The van der Waals surface area contributed by atoms with Crippen LogP contribution in [-0.4, -0.2) is 48.7 Å². The minimum atomic E-state index is 0.209. The average molecular weight is 342 g/mol. The van der Waals surface area contributed by atoms with Crippen LogP contribution in [0.3, 0.4) is 0 Å². The van der Waals surface area contributed by atoms with E-state index in [9.17, 15) is 0 Å². The molecule has 0 saturated carbocycles. The van der Waals surface area contributed by atoms with Crippen LogP contribution in [0.4, 0.5) is 5.82 Å². The third-order valence-electron chi connectivity index (χ3n) is 5.01. The number of fused-ring (bicyclic) bond motifs is 1. The highest BCUT2D eigenvalue weighted by atomic mass is 16.5. The van der Waals surface area contributed by atoms with Gasteiger partial charge in [-0.15, -0.1) is 0 Å². The van der Waals surface area contributed by atoms with E-state index in [-0.39, 0.29) is 6.10 Å². The maximum Gasteiger partial charge on any atom is 0.131 e. The molecule has 1 aromatic heterocycles. The number of para-hydroxylation sites is 1. The molecule has 6 heteroatoms. The van der Waals surface area contributed by atoms with Gasteiger partial charge in [0.25, 0.3) is 0 Å². The zero-order valence-electron chi connectivity index (χ0n) is 15.0. The maximum atomic E-state index is 6.02. The zero-order valence-corrected chi connectivity index (χ0v) is 15.0. The molecule has 0 amide bonds. The Balaban J connectivity index is 1.38. The predicted octanol–water partition coefficient (Wildman–Crippen LogP) is 1.66. The standard InChI is InChI=1S/C19H26N4O2/c1-14-17(19(22(2)21-14)23-7-9-24-10-8-23)13-20-12-16-11-15-5-3-4-6-18(15)25-16/h3-6,16,20H,7-13H2,1-2H3. The van der Waals surface area contributed by atoms with Crippen molar-refractivity contribution in [2.75, 3.05) is 37.7 Å². The molecule has 6 nitrogen and oxygen atoms in total. The topological polar surface area (TPSA) is 51.5 Å². The lowest BCUT2D eigenvalue weighted by Gasteiger charge is -2.29. The van der Waals surface area contributed by atoms with Gasteiger partial charge in [-0.25, -0.2) is 0 Å². The van der Waals surface area contributed by atoms with Gasteiger partial charge in [0.15, 0.2) is 0 Å². The van der Waals surface area contributed by atoms with Crippen molar-refractivity contribution in [3.8, 4) is 5.75 Å². The second-order valence-corrected chi connectivity index (χ2v) is 6.79. The Morgan fingerprint density at radius 3 is 2.84 bits per heavy atom. The molecule has 1 unspecified atom stereocenters. The van der Waals surface area contributed by atoms with Crippen molar-refractivity contribution in [1.29, 1.82) is 0 Å². The Labute approximate surface area is 148 Å². The number of ether oxygens (including phenoxy) is 2. The van der Waals surface area contributed by atoms with Crippen LogP contribution in [0.25, 0.3) is 0 Å². The van der Waals surface area contributed by atoms with E-state index >= 15 is 0 Å². The van der Waals surface area contributed by atoms with Crippen LogP contribution in [-0.2, 0) is 24.8 Å². The molecule has 134 valence electrons. The molecule has 1 fully saturated rings. The van der Waals surface area contributed by atoms with Gasteiger partial charge in [0.1, 0.15) is 17.7 Å². The van der Waals surface area contributed by atoms with Crippen molar-refractivity contribution in [2.24, 2.45) is 7.05 Å². The lowest BCUT2D eigenvalue weighted by atomic mass is 10.1. The molecule has 1 saturated heterocycles. The molecular formula is C19H26N4O2. The van der Waals surface area contributed by atoms with Crippen LogP contribution in [0, 0.1) is 6.92 Å². The minimum Gasteiger partial charge on any atom is -0.488 e. The van der Waals surface area contributed by atoms with Crippen molar-refractivity contribution < 1.29 is 9.47 Å². The number of aromatic nitrogens is 2. The van der Waals surface area contributed by atoms with E-state index in [0.717, 1.165) is 57.3 Å². The van der Waals surface area contributed by atoms with E-state index in [1.54, 1.807) is 0 Å². The largest absolute Gasteiger partial charge is 0.488 e. The lowest BCUT2D eigenvalue weighted by Crippen LogP contribution is -2.38. The molecule has 0 spiro atoms. The fraction of sp³-hybridized carbons (Fsp3) is 0.526. The van der Waals surface area contributed by atoms with Gasteiger partial charge in [-0.05, 0) is 18.6 Å². The first-order chi connectivity index (χ1) is 12.2. The van der Waals surface area contributed by atoms with Crippen LogP contribution < -0.4 is 15.0 Å². The van der Waals surface area contributed by atoms with Crippen LogP contribution in [0.1, 0.15) is 16.8 Å². The predicted molar refractivity (Wildman–Crippen MR) is 97.2 cm³/mol. The van der Waals surface area contributed by atoms with Gasteiger partial charge in [-0.3, -0.25) is 4.68 Å². The molecule has 1 atom stereocenters. The molecule has 2 aromatic rings. The highest BCUT2D eigenvalue weighted by Gasteiger charge is 2.24. The SMILES string of the molecule is Cc1nn(C)c(N2CCOCC2)c1CNCC1Cc2ccccc2O1. The van der Waals surface area contributed by atoms with Crippen LogP contribution >= 0.6 is 0 Å². The summed E-state index contributed by atoms with van der Waals surface area (Å²) in [6.07, 6.45) is 1.19. The van der Waals surface area contributed by atoms with Gasteiger partial charge in [0.2, 0.25) is 0 Å². The van der Waals surface area contributed by atoms with Crippen molar-refractivity contribution in [3.63, 3.8) is 0 Å². The van der Waals surface area contributed by atoms with E-state index in [1.165, 1.54) is 16.9 Å². The second-order valence-electron chi connectivity index (χ2n) is 6.79. The smallest absolute Gasteiger partial charge is 0.131 e. The van der Waals surface area contributed by atoms with Gasteiger partial charge < -0.3 is 19.7 Å². The fourth-order valence-electron chi connectivity index (χ4n) is 3.79. The number of nitrogens with zero attached hydrogens (tertiary/aromatic N) is 3. The number of rotatable bonds is 5. The molecule has 1 aromatic carbocycles. The summed E-state index contributed by atoms with van der Waals surface area (Å²) in [7, 11) is 2.03. The number of hydrogen-bond acceptors (Lipinski definition) is 5. The highest BCUT2D eigenvalue weighted by Crippen LogP contribution is 2.28. The van der Waals surface area contributed by atoms with Gasteiger partial charge in [0, 0.05) is 45.2 Å². The first-order valence-corrected chi connectivity index (χ1v) is 9.03. The lowest BCUT2D eigenvalue weighted by molar-refractivity contribution is 0.122. The van der Waals surface area contributed by atoms with Crippen molar-refractivity contribution >= 4 is 5.82 Å². The van der Waals surface area contributed by atoms with Gasteiger partial charge >= 0.3 is 0 Å². The maximum absolute atomic E-state index is 6.02. The summed E-state index contributed by atoms with van der Waals surface area (Å²) in [4.78, 5) is 2.38. The van der Waals surface area contributed by atoms with E-state index in [2.05, 4.69) is 40.4 Å². The highest BCUT2D eigenvalue weighted by molar-refractivity contribution is 5.50. The molecule has 1 N–H and O–H groups in total. The van der Waals surface area contributed by atoms with E-state index in [1.807, 2.05) is 17.8 Å².